The van der Waals surface area contributed by atoms with E-state index in [-0.39, 0.29) is 11.7 Å². The van der Waals surface area contributed by atoms with Gasteiger partial charge in [0.25, 0.3) is 5.69 Å². The first-order valence-corrected chi connectivity index (χ1v) is 5.53. The van der Waals surface area contributed by atoms with Crippen molar-refractivity contribution >= 4 is 17.4 Å². The molecule has 0 aliphatic rings. The van der Waals surface area contributed by atoms with E-state index in [9.17, 15) is 10.1 Å². The molecule has 0 aliphatic carbocycles. The Bertz CT molecular complexity index is 581. The Balaban J connectivity index is 2.10. The van der Waals surface area contributed by atoms with Gasteiger partial charge in [-0.3, -0.25) is 10.1 Å². The van der Waals surface area contributed by atoms with Crippen LogP contribution in [0.15, 0.2) is 28.7 Å². The summed E-state index contributed by atoms with van der Waals surface area (Å²) < 4.78 is 5.35. The molecule has 0 radical (unpaired) electrons. The topological polar surface area (TPSA) is 97.3 Å². The lowest BCUT2D eigenvalue weighted by molar-refractivity contribution is -0.384. The number of non-ortho nitro benzene ring substituents is 1. The largest absolute Gasteiger partial charge is 0.406 e. The highest BCUT2D eigenvalue weighted by atomic mass is 16.6. The van der Waals surface area contributed by atoms with Gasteiger partial charge in [-0.25, -0.2) is 0 Å². The zero-order valence-electron chi connectivity index (χ0n) is 10.5. The lowest BCUT2D eigenvalue weighted by Crippen LogP contribution is -2.10. The monoisotopic (exact) mass is 263 g/mol. The summed E-state index contributed by atoms with van der Waals surface area (Å²) in [7, 11) is 3.77. The van der Waals surface area contributed by atoms with Crippen molar-refractivity contribution < 1.29 is 9.34 Å². The highest BCUT2D eigenvalue weighted by Gasteiger charge is 2.09. The number of hydrogen-bond donors (Lipinski definition) is 1. The Morgan fingerprint density at radius 3 is 2.89 bits per heavy atom. The predicted molar refractivity (Wildman–Crippen MR) is 68.1 cm³/mol. The Morgan fingerprint density at radius 2 is 2.21 bits per heavy atom. The summed E-state index contributed by atoms with van der Waals surface area (Å²) in [5.41, 5.74) is 0.521. The van der Waals surface area contributed by atoms with Crippen LogP contribution >= 0.6 is 0 Å². The van der Waals surface area contributed by atoms with E-state index in [2.05, 4.69) is 15.5 Å². The number of nitro groups is 1. The van der Waals surface area contributed by atoms with Gasteiger partial charge in [0, 0.05) is 17.8 Å². The van der Waals surface area contributed by atoms with Crippen molar-refractivity contribution in [1.29, 1.82) is 0 Å². The van der Waals surface area contributed by atoms with Crippen LogP contribution in [0.2, 0.25) is 0 Å². The summed E-state index contributed by atoms with van der Waals surface area (Å²) in [6, 6.07) is 6.28. The molecule has 1 heterocycles. The number of anilines is 2. The van der Waals surface area contributed by atoms with Crippen molar-refractivity contribution in [3.05, 3.63) is 40.3 Å². The fraction of sp³-hybridized carbons (Fsp3) is 0.273. The van der Waals surface area contributed by atoms with Crippen LogP contribution in [0.4, 0.5) is 17.4 Å². The summed E-state index contributed by atoms with van der Waals surface area (Å²) in [6.45, 7) is 0.531. The zero-order valence-corrected chi connectivity index (χ0v) is 10.5. The summed E-state index contributed by atoms with van der Waals surface area (Å²) in [4.78, 5) is 12.1. The number of nitro benzene ring substituents is 1. The molecule has 0 atom stereocenters. The van der Waals surface area contributed by atoms with E-state index < -0.39 is 4.92 Å². The molecule has 2 aromatic rings. The zero-order chi connectivity index (χ0) is 13.8. The highest BCUT2D eigenvalue weighted by molar-refractivity contribution is 5.56. The molecule has 2 rings (SSSR count). The Kier molecular flexibility index (Phi) is 3.71. The number of hydrogen-bond acceptors (Lipinski definition) is 7. The van der Waals surface area contributed by atoms with E-state index in [0.29, 0.717) is 18.1 Å². The van der Waals surface area contributed by atoms with E-state index in [1.165, 1.54) is 12.1 Å². The highest BCUT2D eigenvalue weighted by Crippen LogP contribution is 2.20. The molecule has 0 spiro atoms. The maximum absolute atomic E-state index is 10.7. The second-order valence-electron chi connectivity index (χ2n) is 4.17. The molecule has 8 heteroatoms. The molecule has 100 valence electrons. The second-order valence-corrected chi connectivity index (χ2v) is 4.17. The van der Waals surface area contributed by atoms with Gasteiger partial charge in [-0.1, -0.05) is 11.2 Å². The molecule has 0 unspecified atom stereocenters. The van der Waals surface area contributed by atoms with E-state index in [1.807, 2.05) is 19.0 Å². The number of nitrogens with one attached hydrogen (secondary N) is 1. The minimum atomic E-state index is -0.462. The summed E-state index contributed by atoms with van der Waals surface area (Å²) in [5, 5.41) is 21.2. The van der Waals surface area contributed by atoms with Gasteiger partial charge in [0.2, 0.25) is 5.89 Å². The van der Waals surface area contributed by atoms with E-state index >= 15 is 0 Å². The molecule has 0 bridgehead atoms. The molecule has 0 fully saturated rings. The quantitative estimate of drug-likeness (QED) is 0.648. The minimum absolute atomic E-state index is 0.00182. The Labute approximate surface area is 109 Å². The van der Waals surface area contributed by atoms with Crippen molar-refractivity contribution in [2.24, 2.45) is 0 Å². The summed E-state index contributed by atoms with van der Waals surface area (Å²) in [6.07, 6.45) is 0. The molecule has 0 saturated heterocycles. The second kappa shape index (κ2) is 5.44. The van der Waals surface area contributed by atoms with Crippen molar-refractivity contribution in [3.63, 3.8) is 0 Å². The summed E-state index contributed by atoms with van der Waals surface area (Å²) >= 11 is 0. The van der Waals surface area contributed by atoms with Gasteiger partial charge in [0.15, 0.2) is 0 Å². The lowest BCUT2D eigenvalue weighted by atomic mass is 10.3. The molecular weight excluding hydrogens is 250 g/mol. The predicted octanol–water partition coefficient (Wildman–Crippen LogP) is 1.78. The molecule has 0 amide bonds. The number of rotatable bonds is 5. The average molecular weight is 263 g/mol. The van der Waals surface area contributed by atoms with Gasteiger partial charge >= 0.3 is 6.01 Å². The Morgan fingerprint density at radius 1 is 1.42 bits per heavy atom. The van der Waals surface area contributed by atoms with Crippen molar-refractivity contribution in [2.75, 3.05) is 19.4 Å². The molecule has 19 heavy (non-hydrogen) atoms. The molecule has 8 nitrogen and oxygen atoms in total. The molecule has 1 aromatic heterocycles. The lowest BCUT2D eigenvalue weighted by Gasteiger charge is -2.04. The smallest absolute Gasteiger partial charge is 0.320 e. The molecule has 0 saturated carbocycles. The average Bonchev–Trinajstić information content (AvgIpc) is 2.76. The molecule has 1 aromatic carbocycles. The van der Waals surface area contributed by atoms with Gasteiger partial charge < -0.3 is 14.6 Å². The SMILES string of the molecule is CN(C)Cc1nnc(Nc2cccc([N+](=O)[O-])c2)o1. The maximum atomic E-state index is 10.7. The molecule has 1 N–H and O–H groups in total. The first-order chi connectivity index (χ1) is 9.04. The normalized spacial score (nSPS) is 10.7. The third-order valence-corrected chi connectivity index (χ3v) is 2.23. The third kappa shape index (κ3) is 3.49. The van der Waals surface area contributed by atoms with Gasteiger partial charge in [-0.05, 0) is 20.2 Å². The van der Waals surface area contributed by atoms with Crippen LogP contribution in [0.5, 0.6) is 0 Å². The van der Waals surface area contributed by atoms with Crippen LogP contribution in [-0.4, -0.2) is 34.1 Å². The standard InChI is InChI=1S/C11H13N5O3/c1-15(2)7-10-13-14-11(19-10)12-8-4-3-5-9(6-8)16(17)18/h3-6H,7H2,1-2H3,(H,12,14). The van der Waals surface area contributed by atoms with Crippen molar-refractivity contribution in [2.45, 2.75) is 6.54 Å². The first-order valence-electron chi connectivity index (χ1n) is 5.53. The number of nitrogens with zero attached hydrogens (tertiary/aromatic N) is 4. The van der Waals surface area contributed by atoms with Crippen LogP contribution in [0, 0.1) is 10.1 Å². The van der Waals surface area contributed by atoms with Crippen LogP contribution in [0.3, 0.4) is 0 Å². The Hall–Kier alpha value is -2.48. The van der Waals surface area contributed by atoms with E-state index in [1.54, 1.807) is 12.1 Å². The van der Waals surface area contributed by atoms with Gasteiger partial charge in [-0.2, -0.15) is 0 Å². The van der Waals surface area contributed by atoms with E-state index in [0.717, 1.165) is 0 Å². The van der Waals surface area contributed by atoms with Crippen LogP contribution in [0.1, 0.15) is 5.89 Å². The fourth-order valence-corrected chi connectivity index (χ4v) is 1.46. The molecular formula is C11H13N5O3. The van der Waals surface area contributed by atoms with Gasteiger partial charge in [0.05, 0.1) is 11.5 Å². The van der Waals surface area contributed by atoms with E-state index in [4.69, 9.17) is 4.42 Å². The van der Waals surface area contributed by atoms with Crippen molar-refractivity contribution in [3.8, 4) is 0 Å². The first kappa shape index (κ1) is 13.0. The number of aromatic nitrogens is 2. The maximum Gasteiger partial charge on any atom is 0.320 e. The van der Waals surface area contributed by atoms with Gasteiger partial charge in [-0.15, -0.1) is 5.10 Å². The summed E-state index contributed by atoms with van der Waals surface area (Å²) in [5.74, 6) is 0.470. The van der Waals surface area contributed by atoms with Gasteiger partial charge in [0.1, 0.15) is 0 Å². The third-order valence-electron chi connectivity index (χ3n) is 2.23. The van der Waals surface area contributed by atoms with Crippen LogP contribution < -0.4 is 5.32 Å². The van der Waals surface area contributed by atoms with Crippen molar-refractivity contribution in [1.82, 2.24) is 15.1 Å². The fourth-order valence-electron chi connectivity index (χ4n) is 1.46. The van der Waals surface area contributed by atoms with Crippen LogP contribution in [-0.2, 0) is 6.54 Å². The molecule has 0 aliphatic heterocycles. The van der Waals surface area contributed by atoms with Crippen LogP contribution in [0.25, 0.3) is 0 Å². The minimum Gasteiger partial charge on any atom is -0.406 e. The number of benzene rings is 1.